The van der Waals surface area contributed by atoms with E-state index in [-0.39, 0.29) is 5.75 Å². The van der Waals surface area contributed by atoms with Gasteiger partial charge in [0.05, 0.1) is 5.75 Å². The number of benzene rings is 1. The molecule has 108 valence electrons. The minimum Gasteiger partial charge on any atom is -0.326 e. The summed E-state index contributed by atoms with van der Waals surface area (Å²) in [5.74, 6) is -0.0129. The molecule has 0 atom stereocenters. The molecule has 4 nitrogen and oxygen atoms in total. The third-order valence-corrected chi connectivity index (χ3v) is 5.27. The second kappa shape index (κ2) is 6.49. The summed E-state index contributed by atoms with van der Waals surface area (Å²) in [4.78, 5) is 0. The lowest BCUT2D eigenvalue weighted by Crippen LogP contribution is -2.24. The number of sulfonamides is 1. The van der Waals surface area contributed by atoms with Crippen LogP contribution in [-0.4, -0.2) is 8.42 Å². The highest BCUT2D eigenvalue weighted by Gasteiger charge is 2.12. The van der Waals surface area contributed by atoms with Gasteiger partial charge in [-0.2, -0.15) is 11.3 Å². The minimum absolute atomic E-state index is 0.0129. The van der Waals surface area contributed by atoms with Crippen molar-refractivity contribution in [3.05, 3.63) is 57.3 Å². The van der Waals surface area contributed by atoms with Gasteiger partial charge in [-0.1, -0.05) is 24.3 Å². The number of nitrogens with two attached hydrogens (primary N) is 1. The molecule has 0 aliphatic carbocycles. The van der Waals surface area contributed by atoms with Gasteiger partial charge in [0.1, 0.15) is 0 Å². The van der Waals surface area contributed by atoms with Crippen molar-refractivity contribution in [1.29, 1.82) is 0 Å². The zero-order valence-electron chi connectivity index (χ0n) is 11.3. The van der Waals surface area contributed by atoms with Gasteiger partial charge >= 0.3 is 0 Å². The van der Waals surface area contributed by atoms with E-state index < -0.39 is 10.0 Å². The third-order valence-electron chi connectivity index (χ3n) is 3.06. The first kappa shape index (κ1) is 15.2. The largest absolute Gasteiger partial charge is 0.326 e. The third kappa shape index (κ3) is 4.14. The van der Waals surface area contributed by atoms with Crippen molar-refractivity contribution in [2.24, 2.45) is 5.73 Å². The number of hydrogen-bond acceptors (Lipinski definition) is 4. The van der Waals surface area contributed by atoms with Gasteiger partial charge in [-0.25, -0.2) is 13.1 Å². The number of aryl methyl sites for hydroxylation is 1. The lowest BCUT2D eigenvalue weighted by Gasteiger charge is -2.07. The van der Waals surface area contributed by atoms with Crippen LogP contribution >= 0.6 is 11.3 Å². The van der Waals surface area contributed by atoms with Crippen LogP contribution in [0.15, 0.2) is 35.0 Å². The quantitative estimate of drug-likeness (QED) is 0.858. The van der Waals surface area contributed by atoms with Crippen molar-refractivity contribution >= 4 is 21.4 Å². The lowest BCUT2D eigenvalue weighted by molar-refractivity contribution is 0.580. The smallest absolute Gasteiger partial charge is 0.216 e. The molecule has 1 heterocycles. The zero-order valence-corrected chi connectivity index (χ0v) is 12.9. The maximum absolute atomic E-state index is 12.0. The Bertz CT molecular complexity index is 661. The van der Waals surface area contributed by atoms with Crippen LogP contribution in [0.3, 0.4) is 0 Å². The average molecular weight is 310 g/mol. The molecule has 1 aromatic carbocycles. The van der Waals surface area contributed by atoms with Crippen LogP contribution in [0.1, 0.15) is 22.3 Å². The van der Waals surface area contributed by atoms with E-state index >= 15 is 0 Å². The van der Waals surface area contributed by atoms with E-state index in [1.807, 2.05) is 29.8 Å². The van der Waals surface area contributed by atoms with Crippen LogP contribution in [0.5, 0.6) is 0 Å². The van der Waals surface area contributed by atoms with Gasteiger partial charge in [0.2, 0.25) is 10.0 Å². The summed E-state index contributed by atoms with van der Waals surface area (Å²) in [6.45, 7) is 2.78. The van der Waals surface area contributed by atoms with Gasteiger partial charge < -0.3 is 5.73 Å². The van der Waals surface area contributed by atoms with Crippen molar-refractivity contribution in [1.82, 2.24) is 4.72 Å². The number of thiophene rings is 1. The number of nitrogens with one attached hydrogen (secondary N) is 1. The molecule has 3 N–H and O–H groups in total. The average Bonchev–Trinajstić information content (AvgIpc) is 2.83. The Morgan fingerprint density at radius 1 is 1.15 bits per heavy atom. The highest BCUT2D eigenvalue weighted by atomic mass is 32.2. The van der Waals surface area contributed by atoms with Crippen molar-refractivity contribution in [2.75, 3.05) is 0 Å². The second-order valence-corrected chi connectivity index (χ2v) is 7.23. The van der Waals surface area contributed by atoms with E-state index in [0.717, 1.165) is 22.3 Å². The Morgan fingerprint density at radius 3 is 2.35 bits per heavy atom. The van der Waals surface area contributed by atoms with Gasteiger partial charge in [0, 0.05) is 13.1 Å². The van der Waals surface area contributed by atoms with E-state index in [1.165, 1.54) is 0 Å². The SMILES string of the molecule is Cc1cscc1CNS(=O)(=O)Cc1ccc(CN)cc1. The number of rotatable bonds is 6. The molecule has 0 radical (unpaired) electrons. The molecule has 0 spiro atoms. The van der Waals surface area contributed by atoms with Crippen LogP contribution in [0.25, 0.3) is 0 Å². The summed E-state index contributed by atoms with van der Waals surface area (Å²) in [5, 5.41) is 3.98. The fourth-order valence-electron chi connectivity index (χ4n) is 1.80. The Morgan fingerprint density at radius 2 is 1.80 bits per heavy atom. The molecule has 20 heavy (non-hydrogen) atoms. The van der Waals surface area contributed by atoms with Gasteiger partial charge in [-0.3, -0.25) is 0 Å². The lowest BCUT2D eigenvalue weighted by atomic mass is 10.1. The molecule has 2 rings (SSSR count). The Kier molecular flexibility index (Phi) is 4.93. The van der Waals surface area contributed by atoms with Gasteiger partial charge in [-0.15, -0.1) is 0 Å². The summed E-state index contributed by atoms with van der Waals surface area (Å²) < 4.78 is 26.7. The second-order valence-electron chi connectivity index (χ2n) is 4.68. The van der Waals surface area contributed by atoms with E-state index in [1.54, 1.807) is 23.5 Å². The summed E-state index contributed by atoms with van der Waals surface area (Å²) in [7, 11) is -3.32. The van der Waals surface area contributed by atoms with E-state index in [2.05, 4.69) is 4.72 Å². The van der Waals surface area contributed by atoms with Crippen LogP contribution < -0.4 is 10.5 Å². The maximum Gasteiger partial charge on any atom is 0.216 e. The Labute approximate surface area is 123 Å². The molecule has 0 aliphatic rings. The predicted octanol–water partition coefficient (Wildman–Crippen LogP) is 2.13. The fourth-order valence-corrected chi connectivity index (χ4v) is 3.76. The molecule has 0 fully saturated rings. The Balaban J connectivity index is 1.98. The van der Waals surface area contributed by atoms with Crippen LogP contribution in [-0.2, 0) is 28.9 Å². The van der Waals surface area contributed by atoms with E-state index in [9.17, 15) is 8.42 Å². The van der Waals surface area contributed by atoms with E-state index in [0.29, 0.717) is 13.1 Å². The molecule has 0 amide bonds. The van der Waals surface area contributed by atoms with E-state index in [4.69, 9.17) is 5.73 Å². The summed E-state index contributed by atoms with van der Waals surface area (Å²) >= 11 is 1.58. The highest BCUT2D eigenvalue weighted by Crippen LogP contribution is 2.14. The Hall–Kier alpha value is -1.21. The zero-order chi connectivity index (χ0) is 14.6. The molecule has 0 aliphatic heterocycles. The van der Waals surface area contributed by atoms with Crippen LogP contribution in [0.4, 0.5) is 0 Å². The summed E-state index contributed by atoms with van der Waals surface area (Å²) in [6.07, 6.45) is 0. The molecule has 0 saturated carbocycles. The standard InChI is InChI=1S/C14H18N2O2S2/c1-11-8-19-9-14(11)7-16-20(17,18)10-13-4-2-12(6-15)3-5-13/h2-5,8-9,16H,6-7,10,15H2,1H3. The maximum atomic E-state index is 12.0. The van der Waals surface area contributed by atoms with Crippen LogP contribution in [0, 0.1) is 6.92 Å². The van der Waals surface area contributed by atoms with Crippen molar-refractivity contribution in [3.8, 4) is 0 Å². The molecule has 0 unspecified atom stereocenters. The molecule has 1 aromatic heterocycles. The minimum atomic E-state index is -3.32. The molecule has 0 bridgehead atoms. The first-order valence-electron chi connectivity index (χ1n) is 6.27. The predicted molar refractivity (Wildman–Crippen MR) is 82.9 cm³/mol. The summed E-state index contributed by atoms with van der Waals surface area (Å²) in [6, 6.07) is 7.32. The first-order valence-corrected chi connectivity index (χ1v) is 8.86. The topological polar surface area (TPSA) is 72.2 Å². The number of hydrogen-bond donors (Lipinski definition) is 2. The van der Waals surface area contributed by atoms with Crippen molar-refractivity contribution in [2.45, 2.75) is 25.8 Å². The summed E-state index contributed by atoms with van der Waals surface area (Å²) in [5.41, 5.74) is 9.41. The first-order chi connectivity index (χ1) is 9.50. The molecular formula is C14H18N2O2S2. The molecule has 6 heteroatoms. The monoisotopic (exact) mass is 310 g/mol. The van der Waals surface area contributed by atoms with Crippen molar-refractivity contribution in [3.63, 3.8) is 0 Å². The van der Waals surface area contributed by atoms with Gasteiger partial charge in [0.15, 0.2) is 0 Å². The fraction of sp³-hybridized carbons (Fsp3) is 0.286. The molecule has 2 aromatic rings. The van der Waals surface area contributed by atoms with Crippen LogP contribution in [0.2, 0.25) is 0 Å². The highest BCUT2D eigenvalue weighted by molar-refractivity contribution is 7.88. The van der Waals surface area contributed by atoms with Gasteiger partial charge in [0.25, 0.3) is 0 Å². The molecular weight excluding hydrogens is 292 g/mol. The van der Waals surface area contributed by atoms with Crippen molar-refractivity contribution < 1.29 is 8.42 Å². The normalized spacial score (nSPS) is 11.7. The van der Waals surface area contributed by atoms with Gasteiger partial charge in [-0.05, 0) is 39.9 Å². The molecule has 0 saturated heterocycles.